The fraction of sp³-hybridized carbons (Fsp3) is 1.00. The minimum atomic E-state index is -0.208. The van der Waals surface area contributed by atoms with Gasteiger partial charge < -0.3 is 33.2 Å². The topological polar surface area (TPSA) is 64.6 Å². The summed E-state index contributed by atoms with van der Waals surface area (Å²) < 4.78 is 37.7. The Labute approximate surface area is 146 Å². The van der Waals surface area contributed by atoms with Crippen LogP contribution in [-0.2, 0) is 33.2 Å². The Bertz CT molecular complexity index is 256. The molecule has 0 saturated heterocycles. The monoisotopic (exact) mass is 352 g/mol. The van der Waals surface area contributed by atoms with Crippen LogP contribution in [0.5, 0.6) is 0 Å². The molecule has 7 heteroatoms. The third-order valence-electron chi connectivity index (χ3n) is 2.82. The molecular formula is C17H36O7. The summed E-state index contributed by atoms with van der Waals surface area (Å²) in [6.07, 6.45) is -0.130. The van der Waals surface area contributed by atoms with Gasteiger partial charge in [0.1, 0.15) is 6.10 Å². The van der Waals surface area contributed by atoms with Crippen molar-refractivity contribution in [1.29, 1.82) is 0 Å². The molecule has 0 radical (unpaired) electrons. The highest BCUT2D eigenvalue weighted by molar-refractivity contribution is 4.63. The molecule has 0 bridgehead atoms. The zero-order valence-electron chi connectivity index (χ0n) is 16.0. The molecule has 0 saturated carbocycles. The smallest absolute Gasteiger partial charge is 0.104 e. The predicted octanol–water partition coefficient (Wildman–Crippen LogP) is 1.53. The summed E-state index contributed by atoms with van der Waals surface area (Å²) in [5, 5.41) is 0. The van der Waals surface area contributed by atoms with E-state index in [0.29, 0.717) is 66.1 Å². The number of hydrogen-bond donors (Lipinski definition) is 0. The SMILES string of the molecule is COCCOCCOCC(COC(C)(C)C)OCCOCCOC. The maximum atomic E-state index is 5.79. The Morgan fingerprint density at radius 2 is 1.12 bits per heavy atom. The molecule has 0 amide bonds. The van der Waals surface area contributed by atoms with Crippen LogP contribution in [0.3, 0.4) is 0 Å². The molecule has 0 aromatic carbocycles. The second kappa shape index (κ2) is 16.2. The molecule has 0 aromatic rings. The van der Waals surface area contributed by atoms with E-state index in [9.17, 15) is 0 Å². The van der Waals surface area contributed by atoms with Gasteiger partial charge in [0, 0.05) is 14.2 Å². The van der Waals surface area contributed by atoms with E-state index in [2.05, 4.69) is 0 Å². The van der Waals surface area contributed by atoms with Crippen LogP contribution in [0.25, 0.3) is 0 Å². The van der Waals surface area contributed by atoms with Gasteiger partial charge in [0.05, 0.1) is 71.7 Å². The summed E-state index contributed by atoms with van der Waals surface area (Å²) in [5.74, 6) is 0. The van der Waals surface area contributed by atoms with E-state index < -0.39 is 0 Å². The first-order valence-electron chi connectivity index (χ1n) is 8.46. The quantitative estimate of drug-likeness (QED) is 0.368. The highest BCUT2D eigenvalue weighted by atomic mass is 16.6. The van der Waals surface area contributed by atoms with Crippen molar-refractivity contribution in [1.82, 2.24) is 0 Å². The van der Waals surface area contributed by atoms with Crippen molar-refractivity contribution in [2.24, 2.45) is 0 Å². The maximum Gasteiger partial charge on any atom is 0.104 e. The lowest BCUT2D eigenvalue weighted by Crippen LogP contribution is -2.32. The first kappa shape index (κ1) is 23.7. The molecule has 1 atom stereocenters. The van der Waals surface area contributed by atoms with Crippen LogP contribution in [0, 0.1) is 0 Å². The van der Waals surface area contributed by atoms with Gasteiger partial charge >= 0.3 is 0 Å². The van der Waals surface area contributed by atoms with Crippen molar-refractivity contribution in [3.8, 4) is 0 Å². The van der Waals surface area contributed by atoms with E-state index in [1.807, 2.05) is 20.8 Å². The minimum Gasteiger partial charge on any atom is -0.382 e. The molecule has 0 aliphatic rings. The van der Waals surface area contributed by atoms with E-state index in [-0.39, 0.29) is 11.7 Å². The summed E-state index contributed by atoms with van der Waals surface area (Å²) >= 11 is 0. The Morgan fingerprint density at radius 3 is 1.67 bits per heavy atom. The standard InChI is InChI=1S/C17H36O7/c1-17(2,3)24-15-16(23-13-12-21-9-7-19-5)14-22-11-10-20-8-6-18-4/h16H,6-15H2,1-5H3. The van der Waals surface area contributed by atoms with E-state index >= 15 is 0 Å². The lowest BCUT2D eigenvalue weighted by atomic mass is 10.2. The van der Waals surface area contributed by atoms with Gasteiger partial charge in [-0.2, -0.15) is 0 Å². The number of hydrogen-bond acceptors (Lipinski definition) is 7. The molecule has 0 aliphatic heterocycles. The van der Waals surface area contributed by atoms with Crippen LogP contribution in [-0.4, -0.2) is 92.0 Å². The van der Waals surface area contributed by atoms with Gasteiger partial charge in [-0.05, 0) is 20.8 Å². The van der Waals surface area contributed by atoms with Crippen molar-refractivity contribution in [2.75, 3.05) is 80.3 Å². The summed E-state index contributed by atoms with van der Waals surface area (Å²) in [4.78, 5) is 0. The highest BCUT2D eigenvalue weighted by Gasteiger charge is 2.16. The largest absolute Gasteiger partial charge is 0.382 e. The molecule has 0 spiro atoms. The molecule has 146 valence electrons. The van der Waals surface area contributed by atoms with Crippen LogP contribution in [0.4, 0.5) is 0 Å². The van der Waals surface area contributed by atoms with Gasteiger partial charge in [-0.25, -0.2) is 0 Å². The van der Waals surface area contributed by atoms with Crippen LogP contribution in [0.2, 0.25) is 0 Å². The molecule has 0 rings (SSSR count). The van der Waals surface area contributed by atoms with Gasteiger partial charge in [-0.1, -0.05) is 0 Å². The van der Waals surface area contributed by atoms with Gasteiger partial charge in [0.25, 0.3) is 0 Å². The zero-order chi connectivity index (χ0) is 18.1. The van der Waals surface area contributed by atoms with Crippen LogP contribution in [0.15, 0.2) is 0 Å². The molecule has 0 N–H and O–H groups in total. The van der Waals surface area contributed by atoms with E-state index in [1.165, 1.54) is 0 Å². The molecule has 0 aliphatic carbocycles. The highest BCUT2D eigenvalue weighted by Crippen LogP contribution is 2.08. The Hall–Kier alpha value is -0.280. The second-order valence-electron chi connectivity index (χ2n) is 6.20. The number of rotatable bonds is 17. The predicted molar refractivity (Wildman–Crippen MR) is 91.7 cm³/mol. The first-order valence-corrected chi connectivity index (χ1v) is 8.46. The van der Waals surface area contributed by atoms with E-state index in [1.54, 1.807) is 14.2 Å². The Kier molecular flexibility index (Phi) is 16.0. The van der Waals surface area contributed by atoms with Gasteiger partial charge in [0.15, 0.2) is 0 Å². The summed E-state index contributed by atoms with van der Waals surface area (Å²) in [6.45, 7) is 11.4. The molecule has 0 aromatic heterocycles. The minimum absolute atomic E-state index is 0.130. The summed E-state index contributed by atoms with van der Waals surface area (Å²) in [5.41, 5.74) is -0.208. The van der Waals surface area contributed by atoms with Crippen LogP contribution in [0.1, 0.15) is 20.8 Å². The van der Waals surface area contributed by atoms with Crippen LogP contribution >= 0.6 is 0 Å². The first-order chi connectivity index (χ1) is 11.5. The lowest BCUT2D eigenvalue weighted by Gasteiger charge is -2.24. The summed E-state index contributed by atoms with van der Waals surface area (Å²) in [6, 6.07) is 0. The number of ether oxygens (including phenoxy) is 7. The molecular weight excluding hydrogens is 316 g/mol. The molecule has 7 nitrogen and oxygen atoms in total. The van der Waals surface area contributed by atoms with Gasteiger partial charge in [-0.15, -0.1) is 0 Å². The molecule has 0 heterocycles. The van der Waals surface area contributed by atoms with E-state index in [0.717, 1.165) is 0 Å². The maximum absolute atomic E-state index is 5.79. The number of methoxy groups -OCH3 is 2. The van der Waals surface area contributed by atoms with Crippen molar-refractivity contribution >= 4 is 0 Å². The molecule has 24 heavy (non-hydrogen) atoms. The Morgan fingerprint density at radius 1 is 0.625 bits per heavy atom. The average Bonchev–Trinajstić information content (AvgIpc) is 2.53. The second-order valence-corrected chi connectivity index (χ2v) is 6.20. The lowest BCUT2D eigenvalue weighted by molar-refractivity contribution is -0.108. The fourth-order valence-electron chi connectivity index (χ4n) is 1.58. The average molecular weight is 352 g/mol. The third kappa shape index (κ3) is 18.1. The fourth-order valence-corrected chi connectivity index (χ4v) is 1.58. The van der Waals surface area contributed by atoms with Gasteiger partial charge in [0.2, 0.25) is 0 Å². The van der Waals surface area contributed by atoms with Crippen molar-refractivity contribution in [3.05, 3.63) is 0 Å². The normalized spacial score (nSPS) is 13.4. The van der Waals surface area contributed by atoms with Crippen molar-refractivity contribution in [2.45, 2.75) is 32.5 Å². The van der Waals surface area contributed by atoms with Crippen molar-refractivity contribution < 1.29 is 33.2 Å². The molecule has 1 unspecified atom stereocenters. The van der Waals surface area contributed by atoms with E-state index in [4.69, 9.17) is 33.2 Å². The van der Waals surface area contributed by atoms with Crippen molar-refractivity contribution in [3.63, 3.8) is 0 Å². The Balaban J connectivity index is 3.83. The molecule has 0 fully saturated rings. The zero-order valence-corrected chi connectivity index (χ0v) is 16.0. The summed E-state index contributed by atoms with van der Waals surface area (Å²) in [7, 11) is 3.30. The van der Waals surface area contributed by atoms with Gasteiger partial charge in [-0.3, -0.25) is 0 Å². The van der Waals surface area contributed by atoms with Crippen LogP contribution < -0.4 is 0 Å². The third-order valence-corrected chi connectivity index (χ3v) is 2.82.